The fourth-order valence-electron chi connectivity index (χ4n) is 2.29. The van der Waals surface area contributed by atoms with E-state index in [2.05, 4.69) is 24.1 Å². The molecule has 0 saturated heterocycles. The second-order valence-electron chi connectivity index (χ2n) is 5.03. The smallest absolute Gasteiger partial charge is 0.122 e. The van der Waals surface area contributed by atoms with Crippen LogP contribution in [0.1, 0.15) is 39.3 Å². The number of hydrogen-bond acceptors (Lipinski definition) is 4. The summed E-state index contributed by atoms with van der Waals surface area (Å²) in [6.45, 7) is 9.76. The molecule has 0 fully saturated rings. The maximum atomic E-state index is 10.2. The fourth-order valence-corrected chi connectivity index (χ4v) is 2.29. The first kappa shape index (κ1) is 15.8. The minimum absolute atomic E-state index is 0.106. The number of nitrogens with one attached hydrogen (secondary N) is 1. The van der Waals surface area contributed by atoms with Gasteiger partial charge in [0.2, 0.25) is 0 Å². The van der Waals surface area contributed by atoms with E-state index in [1.165, 1.54) is 0 Å². The maximum absolute atomic E-state index is 10.2. The van der Waals surface area contributed by atoms with Crippen LogP contribution < -0.4 is 10.2 Å². The van der Waals surface area contributed by atoms with Gasteiger partial charge < -0.3 is 20.4 Å². The van der Waals surface area contributed by atoms with Crippen molar-refractivity contribution in [1.29, 1.82) is 0 Å². The van der Waals surface area contributed by atoms with Crippen LogP contribution in [0, 0.1) is 0 Å². The summed E-state index contributed by atoms with van der Waals surface area (Å²) >= 11 is 0. The van der Waals surface area contributed by atoms with Crippen molar-refractivity contribution >= 4 is 5.69 Å². The largest absolute Gasteiger partial charge is 0.508 e. The van der Waals surface area contributed by atoms with Gasteiger partial charge in [-0.25, -0.2) is 0 Å². The molecular formula is C15H26N2O2. The third-order valence-corrected chi connectivity index (χ3v) is 3.29. The Morgan fingerprint density at radius 2 is 1.95 bits per heavy atom. The zero-order chi connectivity index (χ0) is 14.4. The second kappa shape index (κ2) is 7.36. The molecule has 0 bridgehead atoms. The lowest BCUT2D eigenvalue weighted by Crippen LogP contribution is -2.33. The zero-order valence-corrected chi connectivity index (χ0v) is 12.3. The quantitative estimate of drug-likeness (QED) is 0.708. The van der Waals surface area contributed by atoms with Crippen LogP contribution in [0.4, 0.5) is 5.69 Å². The molecule has 0 aliphatic rings. The summed E-state index contributed by atoms with van der Waals surface area (Å²) in [7, 11) is 0. The highest BCUT2D eigenvalue weighted by atomic mass is 16.3. The van der Waals surface area contributed by atoms with Gasteiger partial charge in [-0.3, -0.25) is 0 Å². The van der Waals surface area contributed by atoms with E-state index in [-0.39, 0.29) is 18.7 Å². The first-order chi connectivity index (χ1) is 9.01. The van der Waals surface area contributed by atoms with Crippen molar-refractivity contribution in [2.75, 3.05) is 24.6 Å². The molecule has 1 aromatic carbocycles. The van der Waals surface area contributed by atoms with Gasteiger partial charge in [0.1, 0.15) is 5.75 Å². The van der Waals surface area contributed by atoms with Gasteiger partial charge in [0.15, 0.2) is 0 Å². The average molecular weight is 266 g/mol. The molecule has 0 spiro atoms. The minimum Gasteiger partial charge on any atom is -0.508 e. The van der Waals surface area contributed by atoms with Crippen molar-refractivity contribution in [2.45, 2.75) is 39.8 Å². The highest BCUT2D eigenvalue weighted by Crippen LogP contribution is 2.29. The van der Waals surface area contributed by atoms with Gasteiger partial charge >= 0.3 is 0 Å². The van der Waals surface area contributed by atoms with Crippen LogP contribution in [-0.2, 0) is 0 Å². The van der Waals surface area contributed by atoms with Gasteiger partial charge in [0, 0.05) is 35.9 Å². The third-order valence-electron chi connectivity index (χ3n) is 3.29. The number of aliphatic hydroxyl groups excluding tert-OH is 1. The van der Waals surface area contributed by atoms with E-state index in [4.69, 9.17) is 5.11 Å². The molecule has 0 aromatic heterocycles. The summed E-state index contributed by atoms with van der Waals surface area (Å²) in [6, 6.07) is 6.13. The molecule has 0 heterocycles. The van der Waals surface area contributed by atoms with Crippen LogP contribution in [0.15, 0.2) is 18.2 Å². The molecule has 1 atom stereocenters. The molecular weight excluding hydrogens is 240 g/mol. The molecule has 19 heavy (non-hydrogen) atoms. The van der Waals surface area contributed by atoms with E-state index >= 15 is 0 Å². The summed E-state index contributed by atoms with van der Waals surface area (Å²) in [6.07, 6.45) is 0. The van der Waals surface area contributed by atoms with Crippen LogP contribution in [-0.4, -0.2) is 36.0 Å². The number of aliphatic hydroxyl groups is 1. The van der Waals surface area contributed by atoms with Gasteiger partial charge in [-0.15, -0.1) is 0 Å². The standard InChI is InChI=1S/C15H26N2O2/c1-5-16-12(4)14-7-6-13(10-15(14)19)17(8-9-18)11(2)3/h6-7,10-12,16,18-19H,5,8-9H2,1-4H3. The van der Waals surface area contributed by atoms with E-state index < -0.39 is 0 Å². The highest BCUT2D eigenvalue weighted by molar-refractivity contribution is 5.54. The molecule has 0 radical (unpaired) electrons. The van der Waals surface area contributed by atoms with E-state index in [1.807, 2.05) is 26.0 Å². The van der Waals surface area contributed by atoms with Crippen molar-refractivity contribution in [1.82, 2.24) is 5.32 Å². The molecule has 0 aliphatic heterocycles. The Kier molecular flexibility index (Phi) is 6.12. The number of hydrogen-bond donors (Lipinski definition) is 3. The third kappa shape index (κ3) is 4.11. The van der Waals surface area contributed by atoms with Gasteiger partial charge in [0.05, 0.1) is 6.61 Å². The van der Waals surface area contributed by atoms with Crippen LogP contribution in [0.5, 0.6) is 5.75 Å². The SMILES string of the molecule is CCNC(C)c1ccc(N(CCO)C(C)C)cc1O. The van der Waals surface area contributed by atoms with Crippen molar-refractivity contribution in [3.8, 4) is 5.75 Å². The second-order valence-corrected chi connectivity index (χ2v) is 5.03. The number of nitrogens with zero attached hydrogens (tertiary/aromatic N) is 1. The predicted molar refractivity (Wildman–Crippen MR) is 79.8 cm³/mol. The molecule has 0 aliphatic carbocycles. The van der Waals surface area contributed by atoms with Gasteiger partial charge in [-0.1, -0.05) is 13.0 Å². The number of rotatable bonds is 7. The molecule has 1 aromatic rings. The van der Waals surface area contributed by atoms with Crippen molar-refractivity contribution < 1.29 is 10.2 Å². The lowest BCUT2D eigenvalue weighted by molar-refractivity contribution is 0.299. The van der Waals surface area contributed by atoms with E-state index in [9.17, 15) is 5.11 Å². The highest BCUT2D eigenvalue weighted by Gasteiger charge is 2.14. The first-order valence-electron chi connectivity index (χ1n) is 6.95. The molecule has 1 unspecified atom stereocenters. The molecule has 0 amide bonds. The number of phenolic OH excluding ortho intramolecular Hbond substituents is 1. The summed E-state index contributed by atoms with van der Waals surface area (Å²) < 4.78 is 0. The van der Waals surface area contributed by atoms with Crippen LogP contribution in [0.2, 0.25) is 0 Å². The Bertz CT molecular complexity index is 394. The predicted octanol–water partition coefficient (Wildman–Crippen LogP) is 2.27. The monoisotopic (exact) mass is 266 g/mol. The van der Waals surface area contributed by atoms with Gasteiger partial charge in [0.25, 0.3) is 0 Å². The lowest BCUT2D eigenvalue weighted by Gasteiger charge is -2.29. The summed E-state index contributed by atoms with van der Waals surface area (Å²) in [4.78, 5) is 2.07. The van der Waals surface area contributed by atoms with Crippen molar-refractivity contribution in [2.24, 2.45) is 0 Å². The summed E-state index contributed by atoms with van der Waals surface area (Å²) in [5, 5.41) is 22.6. The minimum atomic E-state index is 0.106. The first-order valence-corrected chi connectivity index (χ1v) is 6.95. The molecule has 108 valence electrons. The Morgan fingerprint density at radius 3 is 2.42 bits per heavy atom. The van der Waals surface area contributed by atoms with Crippen LogP contribution in [0.25, 0.3) is 0 Å². The average Bonchev–Trinajstić information content (AvgIpc) is 2.35. The Balaban J connectivity index is 2.97. The maximum Gasteiger partial charge on any atom is 0.122 e. The Hall–Kier alpha value is -1.26. The van der Waals surface area contributed by atoms with E-state index in [0.717, 1.165) is 17.8 Å². The number of anilines is 1. The summed E-state index contributed by atoms with van der Waals surface area (Å²) in [5.74, 6) is 0.300. The van der Waals surface area contributed by atoms with E-state index in [0.29, 0.717) is 12.3 Å². The Labute approximate surface area is 116 Å². The lowest BCUT2D eigenvalue weighted by atomic mass is 10.1. The van der Waals surface area contributed by atoms with E-state index in [1.54, 1.807) is 6.07 Å². The van der Waals surface area contributed by atoms with Gasteiger partial charge in [-0.2, -0.15) is 0 Å². The number of aromatic hydroxyl groups is 1. The normalized spacial score (nSPS) is 12.7. The Morgan fingerprint density at radius 1 is 1.26 bits per heavy atom. The van der Waals surface area contributed by atoms with Crippen molar-refractivity contribution in [3.63, 3.8) is 0 Å². The number of benzene rings is 1. The van der Waals surface area contributed by atoms with Crippen LogP contribution >= 0.6 is 0 Å². The van der Waals surface area contributed by atoms with Crippen LogP contribution in [0.3, 0.4) is 0 Å². The van der Waals surface area contributed by atoms with Gasteiger partial charge in [-0.05, 0) is 33.4 Å². The molecule has 0 saturated carbocycles. The topological polar surface area (TPSA) is 55.7 Å². The molecule has 3 N–H and O–H groups in total. The molecule has 4 nitrogen and oxygen atoms in total. The number of phenols is 1. The summed E-state index contributed by atoms with van der Waals surface area (Å²) in [5.41, 5.74) is 1.84. The molecule has 4 heteroatoms. The van der Waals surface area contributed by atoms with Crippen molar-refractivity contribution in [3.05, 3.63) is 23.8 Å². The zero-order valence-electron chi connectivity index (χ0n) is 12.3. The fraction of sp³-hybridized carbons (Fsp3) is 0.600. The molecule has 1 rings (SSSR count).